The molecule has 0 aliphatic rings. The lowest BCUT2D eigenvalue weighted by atomic mass is 10.3. The van der Waals surface area contributed by atoms with Gasteiger partial charge in [-0.1, -0.05) is 6.92 Å². The van der Waals surface area contributed by atoms with Crippen LogP contribution in [0.3, 0.4) is 0 Å². The smallest absolute Gasteiger partial charge is 0.185 e. The van der Waals surface area contributed by atoms with Crippen molar-refractivity contribution in [1.82, 2.24) is 10.3 Å². The van der Waals surface area contributed by atoms with Crippen LogP contribution in [-0.4, -0.2) is 18.6 Å². The van der Waals surface area contributed by atoms with Crippen molar-refractivity contribution in [2.75, 3.05) is 18.5 Å². The molecule has 2 aromatic heterocycles. The lowest BCUT2D eigenvalue weighted by molar-refractivity contribution is 0.606. The summed E-state index contributed by atoms with van der Waals surface area (Å²) in [6, 6.07) is 2.54. The second kappa shape index (κ2) is 6.83. The largest absolute Gasteiger partial charge is 0.346 e. The molecule has 2 heterocycles. The number of thiazole rings is 1. The fraction of sp³-hybridized carbons (Fsp3) is 0.462. The zero-order valence-corrected chi connectivity index (χ0v) is 14.5. The second-order valence-corrected chi connectivity index (χ2v) is 7.36. The molecule has 104 valence electrons. The maximum Gasteiger partial charge on any atom is 0.185 e. The first-order chi connectivity index (χ1) is 9.10. The molecule has 0 radical (unpaired) electrons. The second-order valence-electron chi connectivity index (χ2n) is 4.41. The van der Waals surface area contributed by atoms with Gasteiger partial charge in [-0.3, -0.25) is 0 Å². The highest BCUT2D eigenvalue weighted by Crippen LogP contribution is 2.28. The predicted octanol–water partition coefficient (Wildman–Crippen LogP) is 4.27. The number of rotatable bonds is 6. The molecule has 2 rings (SSSR count). The third kappa shape index (κ3) is 4.02. The van der Waals surface area contributed by atoms with Crippen molar-refractivity contribution in [3.05, 3.63) is 31.9 Å². The van der Waals surface area contributed by atoms with Crippen LogP contribution < -0.4 is 10.2 Å². The zero-order chi connectivity index (χ0) is 13.8. The van der Waals surface area contributed by atoms with Crippen molar-refractivity contribution in [2.24, 2.45) is 0 Å². The quantitative estimate of drug-likeness (QED) is 0.834. The van der Waals surface area contributed by atoms with E-state index < -0.39 is 0 Å². The standard InChI is InChI=1S/C13H18BrN3S2/c1-4-15-9(2)12-6-16-13(19-12)17(3)7-11-5-10(14)8-18-11/h5-6,8-9,15H,4,7H2,1-3H3. The van der Waals surface area contributed by atoms with E-state index in [0.29, 0.717) is 6.04 Å². The first-order valence-corrected chi connectivity index (χ1v) is 8.72. The molecule has 0 aliphatic carbocycles. The Bertz CT molecular complexity index is 523. The lowest BCUT2D eigenvalue weighted by Crippen LogP contribution is -2.16. The molecule has 2 aromatic rings. The van der Waals surface area contributed by atoms with Gasteiger partial charge in [0.2, 0.25) is 0 Å². The van der Waals surface area contributed by atoms with Gasteiger partial charge in [-0.15, -0.1) is 22.7 Å². The number of aromatic nitrogens is 1. The van der Waals surface area contributed by atoms with Crippen LogP contribution in [0.5, 0.6) is 0 Å². The first-order valence-electron chi connectivity index (χ1n) is 6.23. The summed E-state index contributed by atoms with van der Waals surface area (Å²) in [7, 11) is 2.09. The van der Waals surface area contributed by atoms with Crippen LogP contribution in [-0.2, 0) is 6.54 Å². The molecular weight excluding hydrogens is 342 g/mol. The molecule has 0 bridgehead atoms. The summed E-state index contributed by atoms with van der Waals surface area (Å²) in [5, 5.41) is 6.60. The van der Waals surface area contributed by atoms with E-state index >= 15 is 0 Å². The summed E-state index contributed by atoms with van der Waals surface area (Å²) in [5.41, 5.74) is 0. The van der Waals surface area contributed by atoms with Crippen molar-refractivity contribution in [3.63, 3.8) is 0 Å². The van der Waals surface area contributed by atoms with Gasteiger partial charge in [-0.05, 0) is 35.5 Å². The van der Waals surface area contributed by atoms with E-state index in [0.717, 1.165) is 22.7 Å². The number of thiophene rings is 1. The Morgan fingerprint density at radius 2 is 2.32 bits per heavy atom. The maximum absolute atomic E-state index is 4.52. The minimum Gasteiger partial charge on any atom is -0.346 e. The number of hydrogen-bond acceptors (Lipinski definition) is 5. The van der Waals surface area contributed by atoms with E-state index in [1.165, 1.54) is 9.75 Å². The molecule has 19 heavy (non-hydrogen) atoms. The topological polar surface area (TPSA) is 28.2 Å². The van der Waals surface area contributed by atoms with Crippen LogP contribution in [0.4, 0.5) is 5.13 Å². The highest BCUT2D eigenvalue weighted by atomic mass is 79.9. The molecule has 0 spiro atoms. The average molecular weight is 360 g/mol. The molecule has 6 heteroatoms. The Morgan fingerprint density at radius 3 is 2.95 bits per heavy atom. The van der Waals surface area contributed by atoms with E-state index in [2.05, 4.69) is 63.5 Å². The van der Waals surface area contributed by atoms with E-state index in [1.54, 1.807) is 22.7 Å². The van der Waals surface area contributed by atoms with E-state index in [4.69, 9.17) is 0 Å². The first kappa shape index (κ1) is 15.0. The number of halogens is 1. The SMILES string of the molecule is CCNC(C)c1cnc(N(C)Cc2cc(Br)cs2)s1. The third-order valence-corrected chi connectivity index (χ3v) is 5.77. The van der Waals surface area contributed by atoms with Crippen molar-refractivity contribution >= 4 is 43.7 Å². The number of anilines is 1. The Hall–Kier alpha value is -0.430. The molecule has 0 saturated carbocycles. The Balaban J connectivity index is 2.01. The van der Waals surface area contributed by atoms with Gasteiger partial charge in [0, 0.05) is 38.9 Å². The van der Waals surface area contributed by atoms with Crippen LogP contribution in [0.2, 0.25) is 0 Å². The van der Waals surface area contributed by atoms with Gasteiger partial charge in [0.05, 0.1) is 6.54 Å². The number of nitrogens with one attached hydrogen (secondary N) is 1. The Labute approximate surface area is 130 Å². The Kier molecular flexibility index (Phi) is 5.38. The normalized spacial score (nSPS) is 12.6. The average Bonchev–Trinajstić information content (AvgIpc) is 2.98. The summed E-state index contributed by atoms with van der Waals surface area (Å²) >= 11 is 7.02. The third-order valence-electron chi connectivity index (χ3n) is 2.79. The maximum atomic E-state index is 4.52. The van der Waals surface area contributed by atoms with Crippen LogP contribution in [0.25, 0.3) is 0 Å². The van der Waals surface area contributed by atoms with Gasteiger partial charge in [0.1, 0.15) is 0 Å². The van der Waals surface area contributed by atoms with Crippen LogP contribution in [0.1, 0.15) is 29.6 Å². The van der Waals surface area contributed by atoms with Crippen LogP contribution >= 0.6 is 38.6 Å². The number of hydrogen-bond donors (Lipinski definition) is 1. The summed E-state index contributed by atoms with van der Waals surface area (Å²) in [5.74, 6) is 0. The van der Waals surface area contributed by atoms with Gasteiger partial charge < -0.3 is 10.2 Å². The van der Waals surface area contributed by atoms with E-state index in [9.17, 15) is 0 Å². The summed E-state index contributed by atoms with van der Waals surface area (Å²) < 4.78 is 1.15. The molecule has 1 unspecified atom stereocenters. The molecule has 0 saturated heterocycles. The molecule has 0 amide bonds. The minimum atomic E-state index is 0.375. The molecule has 1 N–H and O–H groups in total. The summed E-state index contributed by atoms with van der Waals surface area (Å²) in [6.07, 6.45) is 1.98. The summed E-state index contributed by atoms with van der Waals surface area (Å²) in [4.78, 5) is 9.35. The molecule has 0 aliphatic heterocycles. The van der Waals surface area contributed by atoms with E-state index in [1.807, 2.05) is 6.20 Å². The highest BCUT2D eigenvalue weighted by molar-refractivity contribution is 9.10. The monoisotopic (exact) mass is 359 g/mol. The van der Waals surface area contributed by atoms with Gasteiger partial charge >= 0.3 is 0 Å². The summed E-state index contributed by atoms with van der Waals surface area (Å²) in [6.45, 7) is 6.18. The van der Waals surface area contributed by atoms with Crippen LogP contribution in [0, 0.1) is 0 Å². The van der Waals surface area contributed by atoms with E-state index in [-0.39, 0.29) is 0 Å². The highest BCUT2D eigenvalue weighted by Gasteiger charge is 2.12. The van der Waals surface area contributed by atoms with Crippen molar-refractivity contribution < 1.29 is 0 Å². The van der Waals surface area contributed by atoms with Gasteiger partial charge in [0.15, 0.2) is 5.13 Å². The molecule has 3 nitrogen and oxygen atoms in total. The number of nitrogens with zero attached hydrogens (tertiary/aromatic N) is 2. The van der Waals surface area contributed by atoms with Crippen molar-refractivity contribution in [3.8, 4) is 0 Å². The fourth-order valence-corrected chi connectivity index (χ4v) is 4.20. The van der Waals surface area contributed by atoms with Gasteiger partial charge in [-0.25, -0.2) is 4.98 Å². The van der Waals surface area contributed by atoms with Crippen molar-refractivity contribution in [2.45, 2.75) is 26.4 Å². The lowest BCUT2D eigenvalue weighted by Gasteiger charge is -2.14. The molecule has 0 fully saturated rings. The van der Waals surface area contributed by atoms with Crippen LogP contribution in [0.15, 0.2) is 22.1 Å². The molecular formula is C13H18BrN3S2. The molecule has 0 aromatic carbocycles. The van der Waals surface area contributed by atoms with Gasteiger partial charge in [-0.2, -0.15) is 0 Å². The Morgan fingerprint density at radius 1 is 1.53 bits per heavy atom. The minimum absolute atomic E-state index is 0.375. The van der Waals surface area contributed by atoms with Gasteiger partial charge in [0.25, 0.3) is 0 Å². The molecule has 1 atom stereocenters. The fourth-order valence-electron chi connectivity index (χ4n) is 1.80. The predicted molar refractivity (Wildman–Crippen MR) is 88.3 cm³/mol. The van der Waals surface area contributed by atoms with Crippen molar-refractivity contribution in [1.29, 1.82) is 0 Å². The zero-order valence-electron chi connectivity index (χ0n) is 11.3.